The summed E-state index contributed by atoms with van der Waals surface area (Å²) in [4.78, 5) is 14.8. The standard InChI is InChI=1S/C13H17ClN2OS/c1-3-5-11(15)13(17)16(8-4-2)9-10-6-7-12(14)18-10/h3-4,6-7,11H,1-2,5,8-9,15H2. The molecule has 0 spiro atoms. The molecule has 0 saturated heterocycles. The molecule has 1 heterocycles. The van der Waals surface area contributed by atoms with E-state index in [0.717, 1.165) is 4.88 Å². The number of hydrogen-bond donors (Lipinski definition) is 1. The topological polar surface area (TPSA) is 46.3 Å². The molecule has 0 saturated carbocycles. The first-order valence-corrected chi connectivity index (χ1v) is 6.78. The second kappa shape index (κ2) is 7.36. The van der Waals surface area contributed by atoms with Crippen LogP contribution < -0.4 is 5.73 Å². The predicted molar refractivity (Wildman–Crippen MR) is 77.7 cm³/mol. The molecule has 0 radical (unpaired) electrons. The van der Waals surface area contributed by atoms with E-state index >= 15 is 0 Å². The van der Waals surface area contributed by atoms with Gasteiger partial charge in [0.25, 0.3) is 0 Å². The van der Waals surface area contributed by atoms with Crippen molar-refractivity contribution >= 4 is 28.8 Å². The van der Waals surface area contributed by atoms with Gasteiger partial charge in [0.15, 0.2) is 0 Å². The lowest BCUT2D eigenvalue weighted by molar-refractivity contribution is -0.132. The molecule has 1 unspecified atom stereocenters. The van der Waals surface area contributed by atoms with Gasteiger partial charge in [-0.1, -0.05) is 23.8 Å². The normalized spacial score (nSPS) is 11.9. The fraction of sp³-hybridized carbons (Fsp3) is 0.308. The number of thiophene rings is 1. The summed E-state index contributed by atoms with van der Waals surface area (Å²) in [5.41, 5.74) is 5.80. The van der Waals surface area contributed by atoms with Crippen LogP contribution in [-0.4, -0.2) is 23.4 Å². The van der Waals surface area contributed by atoms with E-state index in [9.17, 15) is 4.79 Å². The van der Waals surface area contributed by atoms with Gasteiger partial charge in [-0.2, -0.15) is 0 Å². The van der Waals surface area contributed by atoms with E-state index in [1.54, 1.807) is 17.1 Å². The Hall–Kier alpha value is -1.10. The average molecular weight is 285 g/mol. The lowest BCUT2D eigenvalue weighted by atomic mass is 10.2. The summed E-state index contributed by atoms with van der Waals surface area (Å²) >= 11 is 7.33. The fourth-order valence-electron chi connectivity index (χ4n) is 1.53. The number of carbonyl (C=O) groups excluding carboxylic acids is 1. The smallest absolute Gasteiger partial charge is 0.240 e. The summed E-state index contributed by atoms with van der Waals surface area (Å²) in [6.45, 7) is 8.23. The lowest BCUT2D eigenvalue weighted by Gasteiger charge is -2.23. The first-order chi connectivity index (χ1) is 8.58. The molecule has 5 heteroatoms. The Labute approximate surface area is 117 Å². The quantitative estimate of drug-likeness (QED) is 0.783. The van der Waals surface area contributed by atoms with Gasteiger partial charge in [0.05, 0.1) is 16.9 Å². The van der Waals surface area contributed by atoms with Crippen LogP contribution >= 0.6 is 22.9 Å². The highest BCUT2D eigenvalue weighted by atomic mass is 35.5. The minimum Gasteiger partial charge on any atom is -0.332 e. The zero-order valence-corrected chi connectivity index (χ0v) is 11.7. The van der Waals surface area contributed by atoms with Gasteiger partial charge in [0.1, 0.15) is 0 Å². The van der Waals surface area contributed by atoms with Crippen LogP contribution in [0.3, 0.4) is 0 Å². The molecule has 1 amide bonds. The molecular formula is C13H17ClN2OS. The highest BCUT2D eigenvalue weighted by Crippen LogP contribution is 2.22. The number of nitrogens with two attached hydrogens (primary N) is 1. The summed E-state index contributed by atoms with van der Waals surface area (Å²) in [5, 5.41) is 0. The first kappa shape index (κ1) is 15.0. The molecule has 0 aliphatic heterocycles. The molecule has 0 aliphatic carbocycles. The van der Waals surface area contributed by atoms with Gasteiger partial charge >= 0.3 is 0 Å². The van der Waals surface area contributed by atoms with Crippen molar-refractivity contribution in [2.75, 3.05) is 6.54 Å². The van der Waals surface area contributed by atoms with Crippen molar-refractivity contribution in [2.24, 2.45) is 5.73 Å². The first-order valence-electron chi connectivity index (χ1n) is 5.58. The zero-order valence-electron chi connectivity index (χ0n) is 10.1. The van der Waals surface area contributed by atoms with Crippen LogP contribution in [0.4, 0.5) is 0 Å². The van der Waals surface area contributed by atoms with E-state index < -0.39 is 6.04 Å². The predicted octanol–water partition coefficient (Wildman–Crippen LogP) is 2.82. The van der Waals surface area contributed by atoms with Crippen LogP contribution in [0.2, 0.25) is 4.34 Å². The van der Waals surface area contributed by atoms with E-state index in [0.29, 0.717) is 23.8 Å². The molecule has 98 valence electrons. The van der Waals surface area contributed by atoms with Crippen molar-refractivity contribution in [3.05, 3.63) is 46.7 Å². The van der Waals surface area contributed by atoms with Crippen LogP contribution in [0, 0.1) is 0 Å². The van der Waals surface area contributed by atoms with Crippen molar-refractivity contribution in [3.8, 4) is 0 Å². The van der Waals surface area contributed by atoms with Gasteiger partial charge in [0, 0.05) is 11.4 Å². The van der Waals surface area contributed by atoms with Gasteiger partial charge in [0.2, 0.25) is 5.91 Å². The van der Waals surface area contributed by atoms with Crippen molar-refractivity contribution in [2.45, 2.75) is 19.0 Å². The van der Waals surface area contributed by atoms with Gasteiger partial charge in [-0.15, -0.1) is 24.5 Å². The molecule has 0 aromatic carbocycles. The molecule has 18 heavy (non-hydrogen) atoms. The van der Waals surface area contributed by atoms with Crippen molar-refractivity contribution in [1.82, 2.24) is 4.90 Å². The Kier molecular flexibility index (Phi) is 6.12. The summed E-state index contributed by atoms with van der Waals surface area (Å²) < 4.78 is 0.714. The third-order valence-electron chi connectivity index (χ3n) is 2.37. The molecule has 0 bridgehead atoms. The SMILES string of the molecule is C=CCC(N)C(=O)N(CC=C)Cc1ccc(Cl)s1. The Morgan fingerprint density at radius 1 is 1.50 bits per heavy atom. The average Bonchev–Trinajstić information content (AvgIpc) is 2.73. The molecule has 2 N–H and O–H groups in total. The Bertz CT molecular complexity index is 430. The fourth-order valence-corrected chi connectivity index (χ4v) is 2.63. The molecule has 1 aromatic heterocycles. The highest BCUT2D eigenvalue weighted by Gasteiger charge is 2.19. The van der Waals surface area contributed by atoms with Gasteiger partial charge < -0.3 is 10.6 Å². The number of halogens is 1. The molecule has 1 aromatic rings. The molecule has 0 aliphatic rings. The van der Waals surface area contributed by atoms with E-state index in [1.807, 2.05) is 12.1 Å². The summed E-state index contributed by atoms with van der Waals surface area (Å²) in [6, 6.07) is 3.19. The van der Waals surface area contributed by atoms with Crippen molar-refractivity contribution in [1.29, 1.82) is 0 Å². The van der Waals surface area contributed by atoms with Crippen LogP contribution in [0.1, 0.15) is 11.3 Å². The summed E-state index contributed by atoms with van der Waals surface area (Å²) in [7, 11) is 0. The number of carbonyl (C=O) groups is 1. The second-order valence-corrected chi connectivity index (χ2v) is 5.64. The minimum atomic E-state index is -0.544. The van der Waals surface area contributed by atoms with E-state index in [-0.39, 0.29) is 5.91 Å². The lowest BCUT2D eigenvalue weighted by Crippen LogP contribution is -2.43. The third kappa shape index (κ3) is 4.29. The molecule has 1 rings (SSSR count). The molecule has 0 fully saturated rings. The van der Waals surface area contributed by atoms with Gasteiger partial charge in [-0.25, -0.2) is 0 Å². The van der Waals surface area contributed by atoms with Gasteiger partial charge in [-0.05, 0) is 18.6 Å². The molecular weight excluding hydrogens is 268 g/mol. The third-order valence-corrected chi connectivity index (χ3v) is 3.59. The maximum absolute atomic E-state index is 12.1. The number of rotatable bonds is 7. The van der Waals surface area contributed by atoms with Crippen molar-refractivity contribution < 1.29 is 4.79 Å². The van der Waals surface area contributed by atoms with E-state index in [2.05, 4.69) is 13.2 Å². The number of nitrogens with zero attached hydrogens (tertiary/aromatic N) is 1. The summed E-state index contributed by atoms with van der Waals surface area (Å²) in [5.74, 6) is -0.0978. The van der Waals surface area contributed by atoms with Crippen molar-refractivity contribution in [3.63, 3.8) is 0 Å². The van der Waals surface area contributed by atoms with E-state index in [1.165, 1.54) is 11.3 Å². The second-order valence-electron chi connectivity index (χ2n) is 3.84. The summed E-state index contributed by atoms with van der Waals surface area (Å²) in [6.07, 6.45) is 3.81. The maximum Gasteiger partial charge on any atom is 0.240 e. The number of hydrogen-bond acceptors (Lipinski definition) is 3. The number of amides is 1. The van der Waals surface area contributed by atoms with Crippen LogP contribution in [0.25, 0.3) is 0 Å². The largest absolute Gasteiger partial charge is 0.332 e. The highest BCUT2D eigenvalue weighted by molar-refractivity contribution is 7.16. The van der Waals surface area contributed by atoms with Crippen LogP contribution in [-0.2, 0) is 11.3 Å². The van der Waals surface area contributed by atoms with E-state index in [4.69, 9.17) is 17.3 Å². The molecule has 1 atom stereocenters. The molecule has 3 nitrogen and oxygen atoms in total. The Balaban J connectivity index is 2.72. The minimum absolute atomic E-state index is 0.0978. The maximum atomic E-state index is 12.1. The monoisotopic (exact) mass is 284 g/mol. The zero-order chi connectivity index (χ0) is 13.5. The van der Waals surface area contributed by atoms with Crippen LogP contribution in [0.5, 0.6) is 0 Å². The van der Waals surface area contributed by atoms with Crippen LogP contribution in [0.15, 0.2) is 37.4 Å². The Morgan fingerprint density at radius 2 is 2.22 bits per heavy atom. The Morgan fingerprint density at radius 3 is 2.72 bits per heavy atom. The van der Waals surface area contributed by atoms with Gasteiger partial charge in [-0.3, -0.25) is 4.79 Å².